The summed E-state index contributed by atoms with van der Waals surface area (Å²) in [7, 11) is 0. The third-order valence-electron chi connectivity index (χ3n) is 3.96. The average molecular weight is 334 g/mol. The number of ether oxygens (including phenoxy) is 1. The number of rotatable bonds is 5. The molecule has 0 bridgehead atoms. The topological polar surface area (TPSA) is 75.8 Å². The number of nitro benzene ring substituents is 1. The molecule has 3 rings (SSSR count). The Morgan fingerprint density at radius 3 is 3.09 bits per heavy atom. The third kappa shape index (κ3) is 3.94. The summed E-state index contributed by atoms with van der Waals surface area (Å²) in [5, 5.41) is 25.3. The molecule has 122 valence electrons. The molecule has 0 aliphatic carbocycles. The van der Waals surface area contributed by atoms with Crippen molar-refractivity contribution in [3.05, 3.63) is 62.3 Å². The lowest BCUT2D eigenvalue weighted by atomic mass is 10.1. The lowest BCUT2D eigenvalue weighted by Crippen LogP contribution is -2.40. The molecular weight excluding hydrogens is 316 g/mol. The van der Waals surface area contributed by atoms with Crippen LogP contribution in [0.4, 0.5) is 5.69 Å². The minimum absolute atomic E-state index is 0.000299. The van der Waals surface area contributed by atoms with E-state index in [0.29, 0.717) is 25.3 Å². The van der Waals surface area contributed by atoms with E-state index < -0.39 is 11.0 Å². The highest BCUT2D eigenvalue weighted by molar-refractivity contribution is 7.07. The van der Waals surface area contributed by atoms with Gasteiger partial charge in [0.05, 0.1) is 23.7 Å². The molecular formula is C16H18N2O4S. The van der Waals surface area contributed by atoms with Crippen LogP contribution in [0.15, 0.2) is 41.1 Å². The normalized spacial score (nSPS) is 20.3. The summed E-state index contributed by atoms with van der Waals surface area (Å²) < 4.78 is 5.78. The Kier molecular flexibility index (Phi) is 5.02. The van der Waals surface area contributed by atoms with Gasteiger partial charge in [0, 0.05) is 31.8 Å². The van der Waals surface area contributed by atoms with Crippen molar-refractivity contribution in [1.82, 2.24) is 4.90 Å². The van der Waals surface area contributed by atoms with Crippen molar-refractivity contribution in [2.75, 3.05) is 26.2 Å². The second-order valence-corrected chi connectivity index (χ2v) is 6.32. The molecule has 0 radical (unpaired) electrons. The predicted octanol–water partition coefficient (Wildman–Crippen LogP) is 2.76. The first kappa shape index (κ1) is 16.1. The molecule has 1 saturated heterocycles. The van der Waals surface area contributed by atoms with E-state index in [2.05, 4.69) is 16.3 Å². The second kappa shape index (κ2) is 7.18. The maximum absolute atomic E-state index is 10.8. The highest BCUT2D eigenvalue weighted by Crippen LogP contribution is 2.26. The molecule has 6 nitrogen and oxygen atoms in total. The van der Waals surface area contributed by atoms with Crippen LogP contribution in [0.1, 0.15) is 23.3 Å². The van der Waals surface area contributed by atoms with Crippen LogP contribution in [0.3, 0.4) is 0 Å². The van der Waals surface area contributed by atoms with Gasteiger partial charge in [0.25, 0.3) is 5.69 Å². The molecule has 0 spiro atoms. The summed E-state index contributed by atoms with van der Waals surface area (Å²) >= 11 is 1.64. The summed E-state index contributed by atoms with van der Waals surface area (Å²) in [6.45, 7) is 2.50. The van der Waals surface area contributed by atoms with Crippen molar-refractivity contribution in [3.63, 3.8) is 0 Å². The Morgan fingerprint density at radius 1 is 1.48 bits per heavy atom. The van der Waals surface area contributed by atoms with Crippen molar-refractivity contribution >= 4 is 17.0 Å². The number of nitro groups is 1. The number of hydrogen-bond donors (Lipinski definition) is 1. The van der Waals surface area contributed by atoms with Crippen LogP contribution >= 0.6 is 11.3 Å². The van der Waals surface area contributed by atoms with Crippen molar-refractivity contribution in [2.45, 2.75) is 12.2 Å². The standard InChI is InChI=1S/C16H18N2O4S/c19-15(12-2-1-3-14(8-12)18(20)21)9-17-5-6-22-16(10-17)13-4-7-23-11-13/h1-4,7-8,11,15-16,19H,5-6,9-10H2. The number of aliphatic hydroxyl groups is 1. The number of thiophene rings is 1. The lowest BCUT2D eigenvalue weighted by molar-refractivity contribution is -0.385. The Labute approximate surface area is 138 Å². The van der Waals surface area contributed by atoms with Gasteiger partial charge < -0.3 is 9.84 Å². The first-order valence-electron chi connectivity index (χ1n) is 7.42. The van der Waals surface area contributed by atoms with Gasteiger partial charge in [-0.15, -0.1) is 0 Å². The van der Waals surface area contributed by atoms with Gasteiger partial charge in [-0.3, -0.25) is 15.0 Å². The van der Waals surface area contributed by atoms with E-state index in [9.17, 15) is 15.2 Å². The molecule has 2 atom stereocenters. The number of hydrogen-bond acceptors (Lipinski definition) is 6. The number of morpholine rings is 1. The van der Waals surface area contributed by atoms with Crippen LogP contribution in [-0.2, 0) is 4.74 Å². The van der Waals surface area contributed by atoms with E-state index in [1.807, 2.05) is 5.38 Å². The summed E-state index contributed by atoms with van der Waals surface area (Å²) in [5.74, 6) is 0. The molecule has 1 aromatic carbocycles. The summed E-state index contributed by atoms with van der Waals surface area (Å²) in [6, 6.07) is 8.23. The number of nitrogens with zero attached hydrogens (tertiary/aromatic N) is 2. The molecule has 7 heteroatoms. The average Bonchev–Trinajstić information content (AvgIpc) is 3.10. The number of β-amino-alcohol motifs (C(OH)–C–C–N with tert-alkyl or cyclic N) is 1. The largest absolute Gasteiger partial charge is 0.387 e. The van der Waals surface area contributed by atoms with Crippen molar-refractivity contribution in [2.24, 2.45) is 0 Å². The molecule has 2 heterocycles. The SMILES string of the molecule is O=[N+]([O-])c1cccc(C(O)CN2CCOC(c3ccsc3)C2)c1. The fraction of sp³-hybridized carbons (Fsp3) is 0.375. The molecule has 1 aliphatic rings. The highest BCUT2D eigenvalue weighted by Gasteiger charge is 2.24. The van der Waals surface area contributed by atoms with E-state index in [1.54, 1.807) is 23.5 Å². The van der Waals surface area contributed by atoms with Gasteiger partial charge in [0.1, 0.15) is 0 Å². The first-order chi connectivity index (χ1) is 11.1. The van der Waals surface area contributed by atoms with Gasteiger partial charge in [-0.2, -0.15) is 11.3 Å². The van der Waals surface area contributed by atoms with Crippen LogP contribution in [0.2, 0.25) is 0 Å². The van der Waals surface area contributed by atoms with Crippen LogP contribution < -0.4 is 0 Å². The Balaban J connectivity index is 1.64. The molecule has 0 amide bonds. The van der Waals surface area contributed by atoms with Crippen LogP contribution in [-0.4, -0.2) is 41.2 Å². The fourth-order valence-electron chi connectivity index (χ4n) is 2.72. The van der Waals surface area contributed by atoms with Crippen molar-refractivity contribution in [1.29, 1.82) is 0 Å². The molecule has 2 aromatic rings. The zero-order chi connectivity index (χ0) is 16.2. The van der Waals surface area contributed by atoms with Gasteiger partial charge in [0.2, 0.25) is 0 Å². The minimum atomic E-state index is -0.754. The molecule has 1 aromatic heterocycles. The molecule has 1 fully saturated rings. The van der Waals surface area contributed by atoms with Gasteiger partial charge in [-0.1, -0.05) is 12.1 Å². The molecule has 2 unspecified atom stereocenters. The quantitative estimate of drug-likeness (QED) is 0.672. The first-order valence-corrected chi connectivity index (χ1v) is 8.36. The Morgan fingerprint density at radius 2 is 2.35 bits per heavy atom. The van der Waals surface area contributed by atoms with Crippen LogP contribution in [0, 0.1) is 10.1 Å². The molecule has 1 N–H and O–H groups in total. The molecule has 1 aliphatic heterocycles. The molecule has 0 saturated carbocycles. The zero-order valence-corrected chi connectivity index (χ0v) is 13.3. The van der Waals surface area contributed by atoms with E-state index in [0.717, 1.165) is 12.1 Å². The van der Waals surface area contributed by atoms with Gasteiger partial charge in [-0.05, 0) is 28.0 Å². The van der Waals surface area contributed by atoms with E-state index in [4.69, 9.17) is 4.74 Å². The number of benzene rings is 1. The minimum Gasteiger partial charge on any atom is -0.387 e. The van der Waals surface area contributed by atoms with Crippen LogP contribution in [0.25, 0.3) is 0 Å². The number of non-ortho nitro benzene ring substituents is 1. The summed E-state index contributed by atoms with van der Waals surface area (Å²) in [4.78, 5) is 12.5. The Bertz CT molecular complexity index is 662. The second-order valence-electron chi connectivity index (χ2n) is 5.54. The highest BCUT2D eigenvalue weighted by atomic mass is 32.1. The third-order valence-corrected chi connectivity index (χ3v) is 4.66. The van der Waals surface area contributed by atoms with Gasteiger partial charge in [-0.25, -0.2) is 0 Å². The predicted molar refractivity (Wildman–Crippen MR) is 87.5 cm³/mol. The van der Waals surface area contributed by atoms with E-state index in [-0.39, 0.29) is 11.8 Å². The maximum atomic E-state index is 10.8. The van der Waals surface area contributed by atoms with E-state index in [1.165, 1.54) is 12.1 Å². The summed E-state index contributed by atoms with van der Waals surface area (Å²) in [6.07, 6.45) is -0.733. The van der Waals surface area contributed by atoms with E-state index >= 15 is 0 Å². The van der Waals surface area contributed by atoms with Gasteiger partial charge >= 0.3 is 0 Å². The zero-order valence-electron chi connectivity index (χ0n) is 12.5. The van der Waals surface area contributed by atoms with Crippen molar-refractivity contribution in [3.8, 4) is 0 Å². The van der Waals surface area contributed by atoms with Crippen molar-refractivity contribution < 1.29 is 14.8 Å². The monoisotopic (exact) mass is 334 g/mol. The van der Waals surface area contributed by atoms with Crippen LogP contribution in [0.5, 0.6) is 0 Å². The lowest BCUT2D eigenvalue weighted by Gasteiger charge is -2.33. The maximum Gasteiger partial charge on any atom is 0.269 e. The molecule has 23 heavy (non-hydrogen) atoms. The fourth-order valence-corrected chi connectivity index (χ4v) is 3.43. The Hall–Kier alpha value is -1.80. The smallest absolute Gasteiger partial charge is 0.269 e. The summed E-state index contributed by atoms with van der Waals surface area (Å²) in [5.41, 5.74) is 1.72. The number of aliphatic hydroxyl groups excluding tert-OH is 1. The van der Waals surface area contributed by atoms with Gasteiger partial charge in [0.15, 0.2) is 0 Å².